The normalized spacial score (nSPS) is 20.1. The van der Waals surface area contributed by atoms with Crippen molar-refractivity contribution in [3.63, 3.8) is 0 Å². The van der Waals surface area contributed by atoms with Crippen LogP contribution in [0.15, 0.2) is 36.8 Å². The quantitative estimate of drug-likeness (QED) is 0.411. The van der Waals surface area contributed by atoms with Gasteiger partial charge in [-0.15, -0.1) is 0 Å². The number of esters is 1. The number of nitrogens with one attached hydrogen (secondary N) is 1. The van der Waals surface area contributed by atoms with E-state index in [1.54, 1.807) is 23.1 Å². The number of nitriles is 1. The first-order valence-electron chi connectivity index (χ1n) is 11.6. The molecular formula is C25H24B2N6O3. The number of hydrogen-bond acceptors (Lipinski definition) is 8. The highest BCUT2D eigenvalue weighted by Crippen LogP contribution is 2.32. The minimum absolute atomic E-state index is 0.179. The maximum absolute atomic E-state index is 12.0. The first kappa shape index (κ1) is 24.3. The molecule has 5 rings (SSSR count). The van der Waals surface area contributed by atoms with Gasteiger partial charge in [-0.3, -0.25) is 4.90 Å². The van der Waals surface area contributed by atoms with Crippen LogP contribution < -0.4 is 5.32 Å². The molecule has 2 aromatic heterocycles. The van der Waals surface area contributed by atoms with Gasteiger partial charge in [-0.05, 0) is 42.7 Å². The Hall–Kier alpha value is -3.45. The molecule has 4 radical (unpaired) electrons. The van der Waals surface area contributed by atoms with Gasteiger partial charge < -0.3 is 15.2 Å². The van der Waals surface area contributed by atoms with Gasteiger partial charge in [-0.25, -0.2) is 14.5 Å². The Balaban J connectivity index is 1.39. The number of hydrogen-bond donors (Lipinski definition) is 2. The summed E-state index contributed by atoms with van der Waals surface area (Å²) < 4.78 is 6.87. The van der Waals surface area contributed by atoms with Gasteiger partial charge in [0, 0.05) is 60.6 Å². The number of aromatic nitrogens is 3. The monoisotopic (exact) mass is 478 g/mol. The second-order valence-electron chi connectivity index (χ2n) is 9.50. The molecule has 0 aliphatic carbocycles. The van der Waals surface area contributed by atoms with Gasteiger partial charge in [0.1, 0.15) is 28.4 Å². The lowest BCUT2D eigenvalue weighted by Gasteiger charge is -2.44. The van der Waals surface area contributed by atoms with Gasteiger partial charge in [0.2, 0.25) is 0 Å². The van der Waals surface area contributed by atoms with E-state index in [4.69, 9.17) is 25.7 Å². The number of aliphatic hydroxyl groups is 1. The van der Waals surface area contributed by atoms with Crippen LogP contribution in [-0.4, -0.2) is 71.0 Å². The van der Waals surface area contributed by atoms with E-state index in [2.05, 4.69) is 26.4 Å². The SMILES string of the molecule is [B]C([B])(O)C1CN(Cc2cnn(-c3cc(C)c(C#N)cn3)c2)CC(c2ccc3c(c2C)COC3=O)N1. The second-order valence-corrected chi connectivity index (χ2v) is 9.50. The topological polar surface area (TPSA) is 116 Å². The van der Waals surface area contributed by atoms with Gasteiger partial charge in [0.05, 0.1) is 17.3 Å². The van der Waals surface area contributed by atoms with Crippen molar-refractivity contribution in [3.05, 3.63) is 75.7 Å². The van der Waals surface area contributed by atoms with Crippen LogP contribution in [0.25, 0.3) is 5.82 Å². The fourth-order valence-electron chi connectivity index (χ4n) is 4.89. The molecule has 1 aromatic carbocycles. The molecule has 0 bridgehead atoms. The van der Waals surface area contributed by atoms with Crippen molar-refractivity contribution in [2.24, 2.45) is 0 Å². The molecule has 2 aliphatic rings. The molecule has 2 atom stereocenters. The number of fused-ring (bicyclic) bond motifs is 1. The van der Waals surface area contributed by atoms with Crippen molar-refractivity contribution in [1.29, 1.82) is 5.26 Å². The number of carbonyl (C=O) groups excluding carboxylic acids is 1. The van der Waals surface area contributed by atoms with Crippen molar-refractivity contribution in [2.45, 2.75) is 44.5 Å². The minimum atomic E-state index is -1.92. The number of rotatable bonds is 5. The van der Waals surface area contributed by atoms with Crippen LogP contribution in [0, 0.1) is 25.2 Å². The fourth-order valence-corrected chi connectivity index (χ4v) is 4.89. The van der Waals surface area contributed by atoms with Crippen molar-refractivity contribution in [2.75, 3.05) is 13.1 Å². The number of benzene rings is 1. The summed E-state index contributed by atoms with van der Waals surface area (Å²) >= 11 is 0. The molecule has 1 saturated heterocycles. The molecule has 0 saturated carbocycles. The molecule has 2 N–H and O–H groups in total. The Morgan fingerprint density at radius 3 is 2.83 bits per heavy atom. The molecular weight excluding hydrogens is 454 g/mol. The maximum atomic E-state index is 12.0. The lowest BCUT2D eigenvalue weighted by Crippen LogP contribution is -2.62. The predicted octanol–water partition coefficient (Wildman–Crippen LogP) is 0.924. The zero-order chi connectivity index (χ0) is 25.6. The van der Waals surface area contributed by atoms with E-state index >= 15 is 0 Å². The third-order valence-electron chi connectivity index (χ3n) is 6.92. The predicted molar refractivity (Wildman–Crippen MR) is 133 cm³/mol. The van der Waals surface area contributed by atoms with Gasteiger partial charge in [-0.2, -0.15) is 10.4 Å². The average Bonchev–Trinajstić information content (AvgIpc) is 3.46. The second kappa shape index (κ2) is 9.21. The Labute approximate surface area is 211 Å². The average molecular weight is 478 g/mol. The number of cyclic esters (lactones) is 1. The van der Waals surface area contributed by atoms with E-state index < -0.39 is 11.4 Å². The molecule has 2 unspecified atom stereocenters. The molecule has 2 aliphatic heterocycles. The van der Waals surface area contributed by atoms with E-state index in [1.165, 1.54) is 0 Å². The Kier molecular flexibility index (Phi) is 6.20. The zero-order valence-electron chi connectivity index (χ0n) is 20.1. The van der Waals surface area contributed by atoms with E-state index in [9.17, 15) is 9.90 Å². The first-order chi connectivity index (χ1) is 17.1. The number of ether oxygens (including phenoxy) is 1. The van der Waals surface area contributed by atoms with E-state index in [0.717, 1.165) is 27.8 Å². The molecule has 9 nitrogen and oxygen atoms in total. The van der Waals surface area contributed by atoms with Crippen LogP contribution in [0.3, 0.4) is 0 Å². The fraction of sp³-hybridized carbons (Fsp3) is 0.360. The summed E-state index contributed by atoms with van der Waals surface area (Å²) in [6.45, 7) is 5.68. The molecule has 178 valence electrons. The smallest absolute Gasteiger partial charge is 0.338 e. The van der Waals surface area contributed by atoms with Crippen molar-refractivity contribution < 1.29 is 14.6 Å². The lowest BCUT2D eigenvalue weighted by atomic mass is 9.60. The molecule has 1 fully saturated rings. The summed E-state index contributed by atoms with van der Waals surface area (Å²) in [4.78, 5) is 18.5. The summed E-state index contributed by atoms with van der Waals surface area (Å²) in [7, 11) is 11.8. The highest BCUT2D eigenvalue weighted by Gasteiger charge is 2.36. The summed E-state index contributed by atoms with van der Waals surface area (Å²) in [5, 5.41) is 25.5. The maximum Gasteiger partial charge on any atom is 0.338 e. The molecule has 3 aromatic rings. The summed E-state index contributed by atoms with van der Waals surface area (Å²) in [5.41, 5.74) is 5.75. The standard InChI is InChI=1S/C25H24B2N6O3/c1-14-5-23(29-8-17(14)6-28)33-10-16(7-30-33)9-32-11-21(31-22(12-32)25(26,27)35)18-3-4-19-20(15(18)2)13-36-24(19)34/h3-5,7-8,10,21-22,31,35H,9,11-13H2,1-2H3. The first-order valence-corrected chi connectivity index (χ1v) is 11.6. The van der Waals surface area contributed by atoms with E-state index in [1.807, 2.05) is 32.2 Å². The Morgan fingerprint density at radius 1 is 1.31 bits per heavy atom. The van der Waals surface area contributed by atoms with Gasteiger partial charge in [-0.1, -0.05) is 6.07 Å². The van der Waals surface area contributed by atoms with Crippen molar-refractivity contribution in [3.8, 4) is 11.9 Å². The number of nitrogens with zero attached hydrogens (tertiary/aromatic N) is 5. The van der Waals surface area contributed by atoms with Crippen molar-refractivity contribution >= 4 is 21.7 Å². The summed E-state index contributed by atoms with van der Waals surface area (Å²) in [6.07, 6.45) is 5.20. The Bertz CT molecular complexity index is 1380. The van der Waals surface area contributed by atoms with Crippen LogP contribution >= 0.6 is 0 Å². The van der Waals surface area contributed by atoms with Crippen LogP contribution in [0.2, 0.25) is 0 Å². The van der Waals surface area contributed by atoms with Gasteiger partial charge in [0.15, 0.2) is 5.82 Å². The highest BCUT2D eigenvalue weighted by atomic mass is 16.5. The molecule has 36 heavy (non-hydrogen) atoms. The lowest BCUT2D eigenvalue weighted by molar-refractivity contribution is 0.0534. The number of pyridine rings is 1. The highest BCUT2D eigenvalue weighted by molar-refractivity contribution is 6.39. The molecule has 4 heterocycles. The van der Waals surface area contributed by atoms with Gasteiger partial charge >= 0.3 is 5.97 Å². The summed E-state index contributed by atoms with van der Waals surface area (Å²) in [6, 6.07) is 6.87. The number of aryl methyl sites for hydroxylation is 1. The minimum Gasteiger partial charge on any atom is -0.457 e. The molecule has 11 heteroatoms. The largest absolute Gasteiger partial charge is 0.457 e. The van der Waals surface area contributed by atoms with E-state index in [-0.39, 0.29) is 18.6 Å². The zero-order valence-corrected chi connectivity index (χ0v) is 20.1. The molecule has 0 amide bonds. The van der Waals surface area contributed by atoms with Crippen LogP contribution in [-0.2, 0) is 17.9 Å². The molecule has 0 spiro atoms. The van der Waals surface area contributed by atoms with Gasteiger partial charge in [0.25, 0.3) is 0 Å². The number of carbonyl (C=O) groups is 1. The number of piperazine rings is 1. The van der Waals surface area contributed by atoms with Crippen molar-refractivity contribution in [1.82, 2.24) is 25.0 Å². The van der Waals surface area contributed by atoms with Crippen LogP contribution in [0.4, 0.5) is 0 Å². The third kappa shape index (κ3) is 4.55. The summed E-state index contributed by atoms with van der Waals surface area (Å²) in [5.74, 6) is 0.315. The Morgan fingerprint density at radius 2 is 2.11 bits per heavy atom. The van der Waals surface area contributed by atoms with Crippen LogP contribution in [0.5, 0.6) is 0 Å². The van der Waals surface area contributed by atoms with Crippen LogP contribution in [0.1, 0.15) is 49.8 Å². The third-order valence-corrected chi connectivity index (χ3v) is 6.92. The van der Waals surface area contributed by atoms with E-state index in [0.29, 0.717) is 36.6 Å².